The van der Waals surface area contributed by atoms with Crippen molar-refractivity contribution in [3.8, 4) is 0 Å². The van der Waals surface area contributed by atoms with Crippen LogP contribution in [0.1, 0.15) is 27.7 Å². The Morgan fingerprint density at radius 2 is 1.77 bits per heavy atom. The molecule has 13 heavy (non-hydrogen) atoms. The Hall–Kier alpha value is -0.120. The van der Waals surface area contributed by atoms with Gasteiger partial charge in [-0.25, -0.2) is 0 Å². The molecule has 0 aromatic rings. The van der Waals surface area contributed by atoms with E-state index in [0.717, 1.165) is 19.6 Å². The molecule has 0 saturated carbocycles. The van der Waals surface area contributed by atoms with Gasteiger partial charge in [-0.15, -0.1) is 0 Å². The molecule has 0 spiro atoms. The number of nitrogens with zero attached hydrogens (tertiary/aromatic N) is 1. The van der Waals surface area contributed by atoms with Crippen molar-refractivity contribution in [2.24, 2.45) is 0 Å². The van der Waals surface area contributed by atoms with E-state index in [1.165, 1.54) is 0 Å². The maximum absolute atomic E-state index is 9.07. The Kier molecular flexibility index (Phi) is 7.23. The largest absolute Gasteiger partial charge is 0.392 e. The molecule has 3 heteroatoms. The second kappa shape index (κ2) is 7.30. The van der Waals surface area contributed by atoms with Crippen LogP contribution < -0.4 is 5.32 Å². The van der Waals surface area contributed by atoms with E-state index in [1.807, 2.05) is 0 Å². The first-order valence-electron chi connectivity index (χ1n) is 5.23. The number of aliphatic hydroxyl groups is 1. The van der Waals surface area contributed by atoms with Crippen LogP contribution in [0.4, 0.5) is 0 Å². The summed E-state index contributed by atoms with van der Waals surface area (Å²) in [5.41, 5.74) is 0. The number of hydrogen-bond donors (Lipinski definition) is 2. The molecule has 2 N–H and O–H groups in total. The summed E-state index contributed by atoms with van der Waals surface area (Å²) in [7, 11) is 0. The zero-order valence-corrected chi connectivity index (χ0v) is 9.38. The van der Waals surface area contributed by atoms with Crippen LogP contribution >= 0.6 is 0 Å². The highest BCUT2D eigenvalue weighted by Gasteiger charge is 2.06. The standard InChI is InChI=1S/C10H24N2O/c1-5-12(6-2)8-9(3)11-7-10(4)13/h9-11,13H,5-8H2,1-4H3/t9?,10-/m0/s1. The predicted octanol–water partition coefficient (Wildman–Crippen LogP) is 0.687. The van der Waals surface area contributed by atoms with Crippen molar-refractivity contribution >= 4 is 0 Å². The van der Waals surface area contributed by atoms with E-state index in [9.17, 15) is 0 Å². The van der Waals surface area contributed by atoms with Gasteiger partial charge in [0.15, 0.2) is 0 Å². The van der Waals surface area contributed by atoms with Gasteiger partial charge in [0, 0.05) is 19.1 Å². The summed E-state index contributed by atoms with van der Waals surface area (Å²) >= 11 is 0. The lowest BCUT2D eigenvalue weighted by Crippen LogP contribution is -2.41. The summed E-state index contributed by atoms with van der Waals surface area (Å²) in [6.45, 7) is 12.2. The number of hydrogen-bond acceptors (Lipinski definition) is 3. The van der Waals surface area contributed by atoms with Gasteiger partial charge < -0.3 is 15.3 Å². The van der Waals surface area contributed by atoms with Crippen molar-refractivity contribution in [1.29, 1.82) is 0 Å². The lowest BCUT2D eigenvalue weighted by Gasteiger charge is -2.23. The second-order valence-electron chi connectivity index (χ2n) is 3.64. The van der Waals surface area contributed by atoms with Gasteiger partial charge in [0.2, 0.25) is 0 Å². The Balaban J connectivity index is 3.53. The SMILES string of the molecule is CCN(CC)CC(C)NC[C@H](C)O. The molecule has 0 fully saturated rings. The number of nitrogens with one attached hydrogen (secondary N) is 1. The molecule has 0 aliphatic rings. The van der Waals surface area contributed by atoms with Crippen molar-refractivity contribution in [2.75, 3.05) is 26.2 Å². The fourth-order valence-corrected chi connectivity index (χ4v) is 1.31. The van der Waals surface area contributed by atoms with Gasteiger partial charge in [0.05, 0.1) is 6.10 Å². The van der Waals surface area contributed by atoms with Gasteiger partial charge in [-0.2, -0.15) is 0 Å². The van der Waals surface area contributed by atoms with Gasteiger partial charge in [-0.3, -0.25) is 0 Å². The van der Waals surface area contributed by atoms with Crippen LogP contribution in [0.2, 0.25) is 0 Å². The second-order valence-corrected chi connectivity index (χ2v) is 3.64. The topological polar surface area (TPSA) is 35.5 Å². The summed E-state index contributed by atoms with van der Waals surface area (Å²) in [5.74, 6) is 0. The van der Waals surface area contributed by atoms with Gasteiger partial charge >= 0.3 is 0 Å². The molecule has 1 unspecified atom stereocenters. The average Bonchev–Trinajstić information content (AvgIpc) is 2.10. The van der Waals surface area contributed by atoms with Crippen LogP contribution in [-0.4, -0.2) is 48.3 Å². The minimum atomic E-state index is -0.251. The molecule has 80 valence electrons. The third kappa shape index (κ3) is 6.99. The molecule has 2 atom stereocenters. The Morgan fingerprint density at radius 1 is 1.23 bits per heavy atom. The molecule has 0 amide bonds. The average molecular weight is 188 g/mol. The molecule has 3 nitrogen and oxygen atoms in total. The summed E-state index contributed by atoms with van der Waals surface area (Å²) in [5, 5.41) is 12.4. The monoisotopic (exact) mass is 188 g/mol. The third-order valence-electron chi connectivity index (χ3n) is 2.19. The van der Waals surface area contributed by atoms with Crippen LogP contribution in [0.25, 0.3) is 0 Å². The molecule has 0 aromatic heterocycles. The lowest BCUT2D eigenvalue weighted by molar-refractivity contribution is 0.180. The Labute approximate surface area is 82.1 Å². The number of likely N-dealkylation sites (N-methyl/N-ethyl adjacent to an activating group) is 1. The van der Waals surface area contributed by atoms with Crippen LogP contribution in [0.15, 0.2) is 0 Å². The number of rotatable bonds is 7. The van der Waals surface area contributed by atoms with Crippen LogP contribution in [0.5, 0.6) is 0 Å². The minimum Gasteiger partial charge on any atom is -0.392 e. The van der Waals surface area contributed by atoms with E-state index in [0.29, 0.717) is 12.6 Å². The maximum Gasteiger partial charge on any atom is 0.0636 e. The van der Waals surface area contributed by atoms with E-state index in [4.69, 9.17) is 5.11 Å². The van der Waals surface area contributed by atoms with E-state index in [-0.39, 0.29) is 6.10 Å². The fourth-order valence-electron chi connectivity index (χ4n) is 1.31. The summed E-state index contributed by atoms with van der Waals surface area (Å²) < 4.78 is 0. The Bertz CT molecular complexity index is 113. The summed E-state index contributed by atoms with van der Waals surface area (Å²) in [6.07, 6.45) is -0.251. The minimum absolute atomic E-state index is 0.251. The molecule has 0 aromatic carbocycles. The van der Waals surface area contributed by atoms with E-state index in [2.05, 4.69) is 31.0 Å². The normalized spacial score (nSPS) is 16.2. The molecule has 0 rings (SSSR count). The van der Waals surface area contributed by atoms with Crippen molar-refractivity contribution < 1.29 is 5.11 Å². The zero-order chi connectivity index (χ0) is 10.3. The van der Waals surface area contributed by atoms with Crippen molar-refractivity contribution in [3.05, 3.63) is 0 Å². The van der Waals surface area contributed by atoms with Crippen molar-refractivity contribution in [3.63, 3.8) is 0 Å². The summed E-state index contributed by atoms with van der Waals surface area (Å²) in [4.78, 5) is 2.37. The predicted molar refractivity (Wildman–Crippen MR) is 56.9 cm³/mol. The van der Waals surface area contributed by atoms with Crippen LogP contribution in [0, 0.1) is 0 Å². The van der Waals surface area contributed by atoms with E-state index in [1.54, 1.807) is 6.92 Å². The third-order valence-corrected chi connectivity index (χ3v) is 2.19. The van der Waals surface area contributed by atoms with Gasteiger partial charge in [-0.05, 0) is 26.9 Å². The molecule has 0 aliphatic heterocycles. The molecule has 0 aliphatic carbocycles. The van der Waals surface area contributed by atoms with E-state index < -0.39 is 0 Å². The first-order chi connectivity index (χ1) is 6.10. The highest BCUT2D eigenvalue weighted by molar-refractivity contribution is 4.67. The molecular weight excluding hydrogens is 164 g/mol. The quantitative estimate of drug-likeness (QED) is 0.617. The molecule has 0 radical (unpaired) electrons. The van der Waals surface area contributed by atoms with Crippen molar-refractivity contribution in [1.82, 2.24) is 10.2 Å². The highest BCUT2D eigenvalue weighted by atomic mass is 16.3. The lowest BCUT2D eigenvalue weighted by atomic mass is 10.3. The van der Waals surface area contributed by atoms with Gasteiger partial charge in [-0.1, -0.05) is 13.8 Å². The van der Waals surface area contributed by atoms with Gasteiger partial charge in [0.1, 0.15) is 0 Å². The first kappa shape index (κ1) is 12.9. The fraction of sp³-hybridized carbons (Fsp3) is 1.00. The maximum atomic E-state index is 9.07. The van der Waals surface area contributed by atoms with Crippen LogP contribution in [0.3, 0.4) is 0 Å². The Morgan fingerprint density at radius 3 is 2.15 bits per heavy atom. The smallest absolute Gasteiger partial charge is 0.0636 e. The highest BCUT2D eigenvalue weighted by Crippen LogP contribution is 1.91. The first-order valence-corrected chi connectivity index (χ1v) is 5.23. The zero-order valence-electron chi connectivity index (χ0n) is 9.38. The van der Waals surface area contributed by atoms with E-state index >= 15 is 0 Å². The van der Waals surface area contributed by atoms with Crippen molar-refractivity contribution in [2.45, 2.75) is 39.8 Å². The summed E-state index contributed by atoms with van der Waals surface area (Å²) in [6, 6.07) is 0.453. The van der Waals surface area contributed by atoms with Gasteiger partial charge in [0.25, 0.3) is 0 Å². The number of aliphatic hydroxyl groups excluding tert-OH is 1. The molecule has 0 saturated heterocycles. The molecular formula is C10H24N2O. The molecule has 0 bridgehead atoms. The molecule has 0 heterocycles. The van der Waals surface area contributed by atoms with Crippen LogP contribution in [-0.2, 0) is 0 Å².